The zero-order valence-corrected chi connectivity index (χ0v) is 15.8. The van der Waals surface area contributed by atoms with Gasteiger partial charge in [-0.25, -0.2) is 15.0 Å². The van der Waals surface area contributed by atoms with E-state index < -0.39 is 0 Å². The first-order valence-electron chi connectivity index (χ1n) is 8.84. The van der Waals surface area contributed by atoms with E-state index in [1.807, 2.05) is 29.8 Å². The molecular formula is C19H27N5O. The second-order valence-corrected chi connectivity index (χ2v) is 8.21. The Hall–Kier alpha value is -2.24. The molecule has 0 aliphatic heterocycles. The smallest absolute Gasteiger partial charge is 0.182 e. The van der Waals surface area contributed by atoms with Crippen LogP contribution in [0.4, 0.5) is 5.82 Å². The molecule has 134 valence electrons. The zero-order chi connectivity index (χ0) is 18.2. The first-order chi connectivity index (χ1) is 11.7. The van der Waals surface area contributed by atoms with E-state index in [-0.39, 0.29) is 11.2 Å². The van der Waals surface area contributed by atoms with Crippen molar-refractivity contribution in [1.29, 1.82) is 0 Å². The molecule has 0 unspecified atom stereocenters. The molecule has 0 saturated carbocycles. The fraction of sp³-hybridized carbons (Fsp3) is 0.579. The molecule has 1 aliphatic rings. The Morgan fingerprint density at radius 3 is 2.68 bits per heavy atom. The van der Waals surface area contributed by atoms with Crippen molar-refractivity contribution in [3.05, 3.63) is 23.8 Å². The maximum Gasteiger partial charge on any atom is 0.182 e. The molecule has 2 heterocycles. The molecule has 3 rings (SSSR count). The van der Waals surface area contributed by atoms with Crippen LogP contribution in [0.3, 0.4) is 0 Å². The van der Waals surface area contributed by atoms with Crippen molar-refractivity contribution in [3.63, 3.8) is 0 Å². The number of nitrogens with zero attached hydrogens (tertiary/aromatic N) is 5. The first-order valence-corrected chi connectivity index (χ1v) is 8.84. The van der Waals surface area contributed by atoms with Crippen molar-refractivity contribution in [1.82, 2.24) is 19.5 Å². The Bertz CT molecular complexity index is 788. The lowest BCUT2D eigenvalue weighted by molar-refractivity contribution is -0.119. The Labute approximate surface area is 149 Å². The summed E-state index contributed by atoms with van der Waals surface area (Å²) in [5.41, 5.74) is 3.06. The number of hydrogen-bond acceptors (Lipinski definition) is 5. The second-order valence-electron chi connectivity index (χ2n) is 8.21. The van der Waals surface area contributed by atoms with Gasteiger partial charge in [0.2, 0.25) is 0 Å². The van der Waals surface area contributed by atoms with E-state index in [2.05, 4.69) is 25.8 Å². The molecule has 6 nitrogen and oxygen atoms in total. The maximum absolute atomic E-state index is 12.4. The number of Topliss-reactive ketones (excluding diaryl/α,β-unsaturated/α-hetero) is 1. The van der Waals surface area contributed by atoms with Gasteiger partial charge in [0, 0.05) is 38.0 Å². The van der Waals surface area contributed by atoms with Gasteiger partial charge in [0.1, 0.15) is 11.5 Å². The number of rotatable bonds is 5. The van der Waals surface area contributed by atoms with Crippen molar-refractivity contribution in [2.45, 2.75) is 46.5 Å². The van der Waals surface area contributed by atoms with E-state index in [0.29, 0.717) is 18.8 Å². The minimum Gasteiger partial charge on any atom is -0.352 e. The average Bonchev–Trinajstić information content (AvgIpc) is 3.12. The number of aromatic nitrogens is 4. The van der Waals surface area contributed by atoms with Gasteiger partial charge < -0.3 is 9.47 Å². The monoisotopic (exact) mass is 341 g/mol. The molecular weight excluding hydrogens is 314 g/mol. The van der Waals surface area contributed by atoms with Crippen molar-refractivity contribution < 1.29 is 4.79 Å². The highest BCUT2D eigenvalue weighted by Gasteiger charge is 2.24. The third-order valence-corrected chi connectivity index (χ3v) is 4.35. The van der Waals surface area contributed by atoms with Gasteiger partial charge in [-0.1, -0.05) is 20.8 Å². The molecule has 2 aromatic rings. The fourth-order valence-electron chi connectivity index (χ4n) is 3.36. The summed E-state index contributed by atoms with van der Waals surface area (Å²) in [6.45, 7) is 6.65. The van der Waals surface area contributed by atoms with Crippen molar-refractivity contribution in [3.8, 4) is 11.5 Å². The van der Waals surface area contributed by atoms with Gasteiger partial charge in [-0.15, -0.1) is 0 Å². The van der Waals surface area contributed by atoms with Crippen LogP contribution in [0.25, 0.3) is 11.5 Å². The third-order valence-electron chi connectivity index (χ3n) is 4.35. The maximum atomic E-state index is 12.4. The molecule has 2 aromatic heterocycles. The Morgan fingerprint density at radius 2 is 2.04 bits per heavy atom. The predicted molar refractivity (Wildman–Crippen MR) is 98.6 cm³/mol. The van der Waals surface area contributed by atoms with Crippen molar-refractivity contribution >= 4 is 11.6 Å². The molecule has 0 fully saturated rings. The van der Waals surface area contributed by atoms with E-state index in [1.165, 1.54) is 5.56 Å². The third kappa shape index (κ3) is 4.06. The number of ketones is 1. The standard InChI is InChI=1S/C19H27N5O/c1-19(2,3)9-13(25)10-24(5)18-14-7-6-8-15(14)21-17(22-18)16-11-23(4)12-20-16/h11-12H,6-10H2,1-5H3. The lowest BCUT2D eigenvalue weighted by Gasteiger charge is -2.23. The highest BCUT2D eigenvalue weighted by molar-refractivity contribution is 5.84. The molecule has 6 heteroatoms. The van der Waals surface area contributed by atoms with Gasteiger partial charge in [-0.05, 0) is 24.7 Å². The van der Waals surface area contributed by atoms with Gasteiger partial charge in [0.15, 0.2) is 11.6 Å². The molecule has 0 radical (unpaired) electrons. The largest absolute Gasteiger partial charge is 0.352 e. The summed E-state index contributed by atoms with van der Waals surface area (Å²) in [6, 6.07) is 0. The topological polar surface area (TPSA) is 63.9 Å². The number of carbonyl (C=O) groups is 1. The molecule has 0 saturated heterocycles. The number of hydrogen-bond donors (Lipinski definition) is 0. The molecule has 0 spiro atoms. The minimum absolute atomic E-state index is 0.00462. The normalized spacial score (nSPS) is 13.8. The van der Waals surface area contributed by atoms with Crippen LogP contribution in [0.2, 0.25) is 0 Å². The molecule has 0 bridgehead atoms. The summed E-state index contributed by atoms with van der Waals surface area (Å²) < 4.78 is 1.89. The van der Waals surface area contributed by atoms with Crippen LogP contribution in [-0.4, -0.2) is 38.9 Å². The highest BCUT2D eigenvalue weighted by Crippen LogP contribution is 2.30. The van der Waals surface area contributed by atoms with E-state index in [9.17, 15) is 4.79 Å². The summed E-state index contributed by atoms with van der Waals surface area (Å²) in [4.78, 5) is 28.2. The summed E-state index contributed by atoms with van der Waals surface area (Å²) in [7, 11) is 3.88. The summed E-state index contributed by atoms with van der Waals surface area (Å²) in [6.07, 6.45) is 7.27. The average molecular weight is 341 g/mol. The second kappa shape index (κ2) is 6.58. The molecule has 25 heavy (non-hydrogen) atoms. The highest BCUT2D eigenvalue weighted by atomic mass is 16.1. The minimum atomic E-state index is 0.00462. The number of imidazole rings is 1. The van der Waals surface area contributed by atoms with Gasteiger partial charge in [0.05, 0.1) is 12.9 Å². The SMILES string of the molecule is CN(CC(=O)CC(C)(C)C)c1nc(-c2cn(C)cn2)nc2c1CCC2. The zero-order valence-electron chi connectivity index (χ0n) is 15.8. The molecule has 0 amide bonds. The predicted octanol–water partition coefficient (Wildman–Crippen LogP) is 2.81. The van der Waals surface area contributed by atoms with Gasteiger partial charge >= 0.3 is 0 Å². The van der Waals surface area contributed by atoms with Crippen LogP contribution in [0.1, 0.15) is 44.9 Å². The van der Waals surface area contributed by atoms with Crippen LogP contribution in [0, 0.1) is 5.41 Å². The Morgan fingerprint density at radius 1 is 1.28 bits per heavy atom. The molecule has 0 atom stereocenters. The van der Waals surface area contributed by atoms with Crippen LogP contribution in [-0.2, 0) is 24.7 Å². The number of aryl methyl sites for hydroxylation is 2. The summed E-state index contributed by atoms with van der Waals surface area (Å²) in [5.74, 6) is 1.76. The molecule has 0 aromatic carbocycles. The van der Waals surface area contributed by atoms with Crippen LogP contribution in [0.15, 0.2) is 12.5 Å². The van der Waals surface area contributed by atoms with Gasteiger partial charge in [-0.2, -0.15) is 0 Å². The fourth-order valence-corrected chi connectivity index (χ4v) is 3.36. The number of anilines is 1. The van der Waals surface area contributed by atoms with Gasteiger partial charge in [-0.3, -0.25) is 4.79 Å². The number of likely N-dealkylation sites (N-methyl/N-ethyl adjacent to an activating group) is 1. The lowest BCUT2D eigenvalue weighted by Crippen LogP contribution is -2.30. The van der Waals surface area contributed by atoms with Crippen LogP contribution in [0.5, 0.6) is 0 Å². The summed E-state index contributed by atoms with van der Waals surface area (Å²) >= 11 is 0. The van der Waals surface area contributed by atoms with Crippen molar-refractivity contribution in [2.75, 3.05) is 18.5 Å². The Balaban J connectivity index is 1.89. The van der Waals surface area contributed by atoms with E-state index in [4.69, 9.17) is 9.97 Å². The van der Waals surface area contributed by atoms with E-state index in [1.54, 1.807) is 6.33 Å². The quantitative estimate of drug-likeness (QED) is 0.837. The van der Waals surface area contributed by atoms with E-state index in [0.717, 1.165) is 36.5 Å². The molecule has 0 N–H and O–H groups in total. The lowest BCUT2D eigenvalue weighted by atomic mass is 9.90. The Kier molecular flexibility index (Phi) is 4.62. The summed E-state index contributed by atoms with van der Waals surface area (Å²) in [5, 5.41) is 0. The van der Waals surface area contributed by atoms with Crippen molar-refractivity contribution in [2.24, 2.45) is 12.5 Å². The molecule has 1 aliphatic carbocycles. The number of fused-ring (bicyclic) bond motifs is 1. The van der Waals surface area contributed by atoms with Gasteiger partial charge in [0.25, 0.3) is 0 Å². The van der Waals surface area contributed by atoms with E-state index >= 15 is 0 Å². The van der Waals surface area contributed by atoms with Crippen LogP contribution < -0.4 is 4.90 Å². The van der Waals surface area contributed by atoms with Crippen LogP contribution >= 0.6 is 0 Å². The number of carbonyl (C=O) groups excluding carboxylic acids is 1. The first kappa shape index (κ1) is 17.6.